The van der Waals surface area contributed by atoms with E-state index in [9.17, 15) is 9.59 Å². The Hall–Kier alpha value is -3.58. The Morgan fingerprint density at radius 2 is 1.56 bits per heavy atom. The fourth-order valence-corrected chi connectivity index (χ4v) is 2.93. The van der Waals surface area contributed by atoms with Crippen molar-refractivity contribution in [1.29, 1.82) is 0 Å². The number of benzene rings is 3. The summed E-state index contributed by atoms with van der Waals surface area (Å²) in [6.07, 6.45) is 0. The van der Waals surface area contributed by atoms with Crippen LogP contribution in [0.5, 0.6) is 5.75 Å². The van der Waals surface area contributed by atoms with Gasteiger partial charge >= 0.3 is 11.9 Å². The normalized spacial score (nSPS) is 12.4. The molecule has 120 valence electrons. The first-order chi connectivity index (χ1) is 12.2. The molecule has 0 bridgehead atoms. The molecule has 0 N–H and O–H groups in total. The molecule has 4 rings (SSSR count). The molecule has 0 fully saturated rings. The van der Waals surface area contributed by atoms with Crippen LogP contribution in [0.15, 0.2) is 54.6 Å². The van der Waals surface area contributed by atoms with Crippen molar-refractivity contribution in [2.45, 2.75) is 0 Å². The van der Waals surface area contributed by atoms with Gasteiger partial charge in [0.2, 0.25) is 0 Å². The van der Waals surface area contributed by atoms with Crippen molar-refractivity contribution in [2.75, 3.05) is 7.11 Å². The first-order valence-electron chi connectivity index (χ1n) is 7.66. The summed E-state index contributed by atoms with van der Waals surface area (Å²) in [4.78, 5) is 23.5. The Labute approximate surface area is 144 Å². The van der Waals surface area contributed by atoms with Gasteiger partial charge in [-0.2, -0.15) is 0 Å². The zero-order valence-electron chi connectivity index (χ0n) is 13.3. The quantitative estimate of drug-likeness (QED) is 0.389. The minimum atomic E-state index is -0.649. The zero-order chi connectivity index (χ0) is 17.4. The van der Waals surface area contributed by atoms with Crippen molar-refractivity contribution < 1.29 is 19.1 Å². The van der Waals surface area contributed by atoms with Gasteiger partial charge in [0, 0.05) is 21.9 Å². The Morgan fingerprint density at radius 1 is 0.800 bits per heavy atom. The fraction of sp³-hybridized carbons (Fsp3) is 0.0476. The van der Waals surface area contributed by atoms with E-state index in [0.29, 0.717) is 5.56 Å². The molecular weight excluding hydrogens is 316 g/mol. The predicted molar refractivity (Wildman–Crippen MR) is 92.7 cm³/mol. The van der Waals surface area contributed by atoms with Gasteiger partial charge in [-0.3, -0.25) is 0 Å². The number of rotatable bonds is 1. The van der Waals surface area contributed by atoms with E-state index < -0.39 is 11.9 Å². The van der Waals surface area contributed by atoms with Gasteiger partial charge in [0.1, 0.15) is 5.75 Å². The summed E-state index contributed by atoms with van der Waals surface area (Å²) in [5, 5.41) is 1.92. The van der Waals surface area contributed by atoms with Gasteiger partial charge in [0.05, 0.1) is 18.2 Å². The molecule has 3 aromatic carbocycles. The molecule has 1 heterocycles. The molecule has 0 aliphatic carbocycles. The summed E-state index contributed by atoms with van der Waals surface area (Å²) in [5.74, 6) is 5.59. The molecule has 0 radical (unpaired) electrons. The summed E-state index contributed by atoms with van der Waals surface area (Å²) < 4.78 is 10.0. The van der Waals surface area contributed by atoms with Crippen molar-refractivity contribution in [3.05, 3.63) is 76.9 Å². The Bertz CT molecular complexity index is 1100. The lowest BCUT2D eigenvalue weighted by Crippen LogP contribution is -1.98. The van der Waals surface area contributed by atoms with Gasteiger partial charge in [-0.05, 0) is 24.3 Å². The van der Waals surface area contributed by atoms with E-state index >= 15 is 0 Å². The van der Waals surface area contributed by atoms with Gasteiger partial charge in [0.15, 0.2) is 0 Å². The summed E-state index contributed by atoms with van der Waals surface area (Å²) in [6, 6.07) is 16.5. The standard InChI is InChI=1S/C21H12O4/c1-24-18-12-11-13(15-6-2-3-7-16(15)18)9-10-14-5-4-8-17-19(14)21(23)25-20(17)22/h2-8,11-12H,1H3. The number of carbonyl (C=O) groups excluding carboxylic acids is 2. The van der Waals surface area contributed by atoms with Crippen LogP contribution < -0.4 is 4.74 Å². The molecule has 1 aliphatic heterocycles. The number of carbonyl (C=O) groups is 2. The summed E-state index contributed by atoms with van der Waals surface area (Å²) in [5.41, 5.74) is 1.79. The molecule has 0 atom stereocenters. The largest absolute Gasteiger partial charge is 0.496 e. The van der Waals surface area contributed by atoms with E-state index in [1.807, 2.05) is 36.4 Å². The molecular formula is C21H12O4. The number of hydrogen-bond donors (Lipinski definition) is 0. The Morgan fingerprint density at radius 3 is 2.36 bits per heavy atom. The van der Waals surface area contributed by atoms with E-state index in [1.54, 1.807) is 25.3 Å². The summed E-state index contributed by atoms with van der Waals surface area (Å²) >= 11 is 0. The third-order valence-electron chi connectivity index (χ3n) is 4.11. The van der Waals surface area contributed by atoms with E-state index in [2.05, 4.69) is 16.6 Å². The maximum absolute atomic E-state index is 11.9. The van der Waals surface area contributed by atoms with E-state index in [4.69, 9.17) is 4.74 Å². The van der Waals surface area contributed by atoms with Crippen LogP contribution in [0, 0.1) is 11.8 Å². The number of esters is 2. The summed E-state index contributed by atoms with van der Waals surface area (Å²) in [7, 11) is 1.63. The SMILES string of the molecule is COc1ccc(C#Cc2cccc3c2C(=O)OC3=O)c2ccccc12. The van der Waals surface area contributed by atoms with E-state index in [-0.39, 0.29) is 11.1 Å². The number of hydrogen-bond acceptors (Lipinski definition) is 4. The lowest BCUT2D eigenvalue weighted by Gasteiger charge is -2.06. The number of cyclic esters (lactones) is 2. The average Bonchev–Trinajstić information content (AvgIpc) is 2.94. The molecule has 4 nitrogen and oxygen atoms in total. The van der Waals surface area contributed by atoms with Crippen LogP contribution in [0.4, 0.5) is 0 Å². The van der Waals surface area contributed by atoms with Crippen molar-refractivity contribution in [3.63, 3.8) is 0 Å². The van der Waals surface area contributed by atoms with Crippen molar-refractivity contribution in [1.82, 2.24) is 0 Å². The number of fused-ring (bicyclic) bond motifs is 2. The highest BCUT2D eigenvalue weighted by Gasteiger charge is 2.31. The number of methoxy groups -OCH3 is 1. The van der Waals surface area contributed by atoms with Crippen LogP contribution in [0.2, 0.25) is 0 Å². The molecule has 0 aromatic heterocycles. The molecule has 0 unspecified atom stereocenters. The third kappa shape index (κ3) is 2.43. The highest BCUT2D eigenvalue weighted by Crippen LogP contribution is 2.28. The van der Waals surface area contributed by atoms with Gasteiger partial charge in [-0.15, -0.1) is 0 Å². The second-order valence-corrected chi connectivity index (χ2v) is 5.52. The second-order valence-electron chi connectivity index (χ2n) is 5.52. The number of ether oxygens (including phenoxy) is 2. The third-order valence-corrected chi connectivity index (χ3v) is 4.11. The molecule has 4 heteroatoms. The van der Waals surface area contributed by atoms with Crippen LogP contribution in [-0.2, 0) is 4.74 Å². The minimum Gasteiger partial charge on any atom is -0.496 e. The smallest absolute Gasteiger partial charge is 0.348 e. The topological polar surface area (TPSA) is 52.6 Å². The van der Waals surface area contributed by atoms with Crippen molar-refractivity contribution >= 4 is 22.7 Å². The molecule has 1 aliphatic rings. The van der Waals surface area contributed by atoms with Gasteiger partial charge in [-0.25, -0.2) is 9.59 Å². The van der Waals surface area contributed by atoms with Crippen LogP contribution in [0.3, 0.4) is 0 Å². The first-order valence-corrected chi connectivity index (χ1v) is 7.66. The lowest BCUT2D eigenvalue weighted by atomic mass is 10.0. The van der Waals surface area contributed by atoms with E-state index in [1.165, 1.54) is 0 Å². The molecule has 0 amide bonds. The molecule has 0 spiro atoms. The van der Waals surface area contributed by atoms with Crippen molar-refractivity contribution in [2.24, 2.45) is 0 Å². The summed E-state index contributed by atoms with van der Waals surface area (Å²) in [6.45, 7) is 0. The fourth-order valence-electron chi connectivity index (χ4n) is 2.93. The highest BCUT2D eigenvalue weighted by molar-refractivity contribution is 6.16. The van der Waals surface area contributed by atoms with Crippen LogP contribution in [-0.4, -0.2) is 19.0 Å². The van der Waals surface area contributed by atoms with Crippen molar-refractivity contribution in [3.8, 4) is 17.6 Å². The predicted octanol–water partition coefficient (Wildman–Crippen LogP) is 3.56. The monoisotopic (exact) mass is 328 g/mol. The highest BCUT2D eigenvalue weighted by atomic mass is 16.6. The molecule has 3 aromatic rings. The molecule has 25 heavy (non-hydrogen) atoms. The first kappa shape index (κ1) is 15.0. The average molecular weight is 328 g/mol. The van der Waals surface area contributed by atoms with Crippen LogP contribution >= 0.6 is 0 Å². The van der Waals surface area contributed by atoms with Gasteiger partial charge < -0.3 is 9.47 Å². The second kappa shape index (κ2) is 5.81. The van der Waals surface area contributed by atoms with Crippen LogP contribution in [0.1, 0.15) is 31.8 Å². The lowest BCUT2D eigenvalue weighted by molar-refractivity contribution is 0.0443. The molecule has 0 saturated heterocycles. The Kier molecular flexibility index (Phi) is 3.48. The maximum Gasteiger partial charge on any atom is 0.348 e. The zero-order valence-corrected chi connectivity index (χ0v) is 13.3. The Balaban J connectivity index is 1.86. The minimum absolute atomic E-state index is 0.234. The van der Waals surface area contributed by atoms with E-state index in [0.717, 1.165) is 22.1 Å². The van der Waals surface area contributed by atoms with Crippen LogP contribution in [0.25, 0.3) is 10.8 Å². The van der Waals surface area contributed by atoms with Gasteiger partial charge in [0.25, 0.3) is 0 Å². The maximum atomic E-state index is 11.9. The molecule has 0 saturated carbocycles. The van der Waals surface area contributed by atoms with Gasteiger partial charge in [-0.1, -0.05) is 42.2 Å².